The van der Waals surface area contributed by atoms with Gasteiger partial charge in [-0.3, -0.25) is 0 Å². The number of aromatic nitrogens is 1. The van der Waals surface area contributed by atoms with Crippen LogP contribution in [-0.4, -0.2) is 41.7 Å². The van der Waals surface area contributed by atoms with Gasteiger partial charge in [0.1, 0.15) is 11.9 Å². The quantitative estimate of drug-likeness (QED) is 0.892. The normalized spacial score (nSPS) is 21.0. The molecular weight excluding hydrogens is 226 g/mol. The van der Waals surface area contributed by atoms with Gasteiger partial charge in [0.25, 0.3) is 0 Å². The van der Waals surface area contributed by atoms with E-state index in [9.17, 15) is 0 Å². The summed E-state index contributed by atoms with van der Waals surface area (Å²) in [4.78, 5) is 6.77. The van der Waals surface area contributed by atoms with E-state index in [4.69, 9.17) is 4.74 Å². The predicted molar refractivity (Wildman–Crippen MR) is 74.1 cm³/mol. The third kappa shape index (κ3) is 3.88. The van der Waals surface area contributed by atoms with Crippen LogP contribution in [0, 0.1) is 0 Å². The first-order chi connectivity index (χ1) is 8.42. The number of pyridine rings is 1. The van der Waals surface area contributed by atoms with Crippen molar-refractivity contribution in [2.24, 2.45) is 0 Å². The van der Waals surface area contributed by atoms with Gasteiger partial charge in [-0.2, -0.15) is 4.98 Å². The van der Waals surface area contributed by atoms with Crippen LogP contribution in [0.4, 0.5) is 5.82 Å². The van der Waals surface area contributed by atoms with Crippen molar-refractivity contribution in [3.63, 3.8) is 0 Å². The highest BCUT2D eigenvalue weighted by molar-refractivity contribution is 5.39. The van der Waals surface area contributed by atoms with Gasteiger partial charge in [0.15, 0.2) is 0 Å². The minimum Gasteiger partial charge on any atom is -0.473 e. The Morgan fingerprint density at radius 2 is 2.17 bits per heavy atom. The molecule has 0 spiro atoms. The summed E-state index contributed by atoms with van der Waals surface area (Å²) < 4.78 is 5.91. The largest absolute Gasteiger partial charge is 0.473 e. The zero-order valence-corrected chi connectivity index (χ0v) is 11.7. The maximum absolute atomic E-state index is 5.91. The number of likely N-dealkylation sites (tertiary alicyclic amines) is 1. The van der Waals surface area contributed by atoms with E-state index in [1.165, 1.54) is 0 Å². The molecule has 1 aromatic heterocycles. The molecule has 1 aliphatic rings. The first-order valence-electron chi connectivity index (χ1n) is 6.53. The minimum atomic E-state index is 0.0131. The fourth-order valence-corrected chi connectivity index (χ4v) is 2.10. The van der Waals surface area contributed by atoms with Gasteiger partial charge in [0, 0.05) is 24.7 Å². The smallest absolute Gasteiger partial charge is 0.215 e. The number of hydrogen-bond donors (Lipinski definition) is 1. The summed E-state index contributed by atoms with van der Waals surface area (Å²) in [6.45, 7) is 8.44. The molecule has 1 saturated heterocycles. The topological polar surface area (TPSA) is 37.4 Å². The summed E-state index contributed by atoms with van der Waals surface area (Å²) in [7, 11) is 2.12. The van der Waals surface area contributed by atoms with Gasteiger partial charge < -0.3 is 15.0 Å². The lowest BCUT2D eigenvalue weighted by Gasteiger charge is -2.22. The summed E-state index contributed by atoms with van der Waals surface area (Å²) in [5, 5.41) is 3.35. The average molecular weight is 249 g/mol. The van der Waals surface area contributed by atoms with E-state index < -0.39 is 0 Å². The molecule has 2 rings (SSSR count). The molecule has 0 radical (unpaired) electrons. The second-order valence-electron chi connectivity index (χ2n) is 6.03. The highest BCUT2D eigenvalue weighted by Crippen LogP contribution is 2.19. The lowest BCUT2D eigenvalue weighted by Crippen LogP contribution is -2.27. The lowest BCUT2D eigenvalue weighted by molar-refractivity contribution is 0.200. The molecule has 4 nitrogen and oxygen atoms in total. The van der Waals surface area contributed by atoms with E-state index in [1.807, 2.05) is 18.2 Å². The van der Waals surface area contributed by atoms with Gasteiger partial charge in [0.2, 0.25) is 5.88 Å². The van der Waals surface area contributed by atoms with Crippen LogP contribution in [0.3, 0.4) is 0 Å². The van der Waals surface area contributed by atoms with Crippen LogP contribution in [0.2, 0.25) is 0 Å². The SMILES string of the molecule is CN1CCC(Oc2cccc(NC(C)(C)C)n2)C1. The molecule has 1 unspecified atom stereocenters. The highest BCUT2D eigenvalue weighted by Gasteiger charge is 2.21. The average Bonchev–Trinajstić information content (AvgIpc) is 2.62. The molecule has 1 N–H and O–H groups in total. The Morgan fingerprint density at radius 1 is 1.39 bits per heavy atom. The van der Waals surface area contributed by atoms with Gasteiger partial charge in [0.05, 0.1) is 0 Å². The van der Waals surface area contributed by atoms with E-state index in [-0.39, 0.29) is 11.6 Å². The molecule has 4 heteroatoms. The molecule has 1 aliphatic heterocycles. The summed E-state index contributed by atoms with van der Waals surface area (Å²) in [6, 6.07) is 5.88. The van der Waals surface area contributed by atoms with Crippen molar-refractivity contribution in [1.29, 1.82) is 0 Å². The van der Waals surface area contributed by atoms with Crippen molar-refractivity contribution in [3.8, 4) is 5.88 Å². The van der Waals surface area contributed by atoms with Crippen LogP contribution < -0.4 is 10.1 Å². The van der Waals surface area contributed by atoms with Crippen LogP contribution in [-0.2, 0) is 0 Å². The van der Waals surface area contributed by atoms with Gasteiger partial charge in [-0.25, -0.2) is 0 Å². The molecule has 1 aromatic rings. The van der Waals surface area contributed by atoms with Crippen molar-refractivity contribution in [1.82, 2.24) is 9.88 Å². The summed E-state index contributed by atoms with van der Waals surface area (Å²) in [5.41, 5.74) is 0.0131. The number of hydrogen-bond acceptors (Lipinski definition) is 4. The maximum Gasteiger partial charge on any atom is 0.215 e. The number of nitrogens with one attached hydrogen (secondary N) is 1. The minimum absolute atomic E-state index is 0.0131. The number of ether oxygens (including phenoxy) is 1. The van der Waals surface area contributed by atoms with Crippen LogP contribution in [0.15, 0.2) is 18.2 Å². The molecule has 1 fully saturated rings. The molecular formula is C14H23N3O. The van der Waals surface area contributed by atoms with E-state index in [2.05, 4.69) is 43.0 Å². The maximum atomic E-state index is 5.91. The number of nitrogens with zero attached hydrogens (tertiary/aromatic N) is 2. The zero-order valence-electron chi connectivity index (χ0n) is 11.7. The standard InChI is InChI=1S/C14H23N3O/c1-14(2,3)16-12-6-5-7-13(15-12)18-11-8-9-17(4)10-11/h5-7,11H,8-10H2,1-4H3,(H,15,16). The fourth-order valence-electron chi connectivity index (χ4n) is 2.10. The van der Waals surface area contributed by atoms with E-state index >= 15 is 0 Å². The summed E-state index contributed by atoms with van der Waals surface area (Å²) >= 11 is 0. The Morgan fingerprint density at radius 3 is 2.78 bits per heavy atom. The Hall–Kier alpha value is -1.29. The van der Waals surface area contributed by atoms with Crippen LogP contribution in [0.25, 0.3) is 0 Å². The zero-order chi connectivity index (χ0) is 13.2. The van der Waals surface area contributed by atoms with Crippen LogP contribution in [0.5, 0.6) is 5.88 Å². The Balaban J connectivity index is 1.99. The number of anilines is 1. The molecule has 0 saturated carbocycles. The third-order valence-electron chi connectivity index (χ3n) is 2.86. The fraction of sp³-hybridized carbons (Fsp3) is 0.643. The lowest BCUT2D eigenvalue weighted by atomic mass is 10.1. The molecule has 0 aliphatic carbocycles. The second kappa shape index (κ2) is 5.14. The molecule has 0 aromatic carbocycles. The molecule has 1 atom stereocenters. The molecule has 0 amide bonds. The first kappa shape index (κ1) is 13.1. The molecule has 2 heterocycles. The van der Waals surface area contributed by atoms with E-state index in [1.54, 1.807) is 0 Å². The van der Waals surface area contributed by atoms with Crippen molar-refractivity contribution < 1.29 is 4.74 Å². The second-order valence-corrected chi connectivity index (χ2v) is 6.03. The van der Waals surface area contributed by atoms with Gasteiger partial charge >= 0.3 is 0 Å². The van der Waals surface area contributed by atoms with Gasteiger partial charge in [-0.1, -0.05) is 6.07 Å². The monoisotopic (exact) mass is 249 g/mol. The van der Waals surface area contributed by atoms with E-state index in [0.717, 1.165) is 25.3 Å². The van der Waals surface area contributed by atoms with Crippen molar-refractivity contribution >= 4 is 5.82 Å². The van der Waals surface area contributed by atoms with Gasteiger partial charge in [-0.15, -0.1) is 0 Å². The molecule has 18 heavy (non-hydrogen) atoms. The Labute approximate surface area is 109 Å². The van der Waals surface area contributed by atoms with Crippen LogP contribution in [0.1, 0.15) is 27.2 Å². The van der Waals surface area contributed by atoms with E-state index in [0.29, 0.717) is 5.88 Å². The van der Waals surface area contributed by atoms with Crippen molar-refractivity contribution in [2.75, 3.05) is 25.5 Å². The number of rotatable bonds is 3. The Kier molecular flexibility index (Phi) is 3.76. The first-order valence-corrected chi connectivity index (χ1v) is 6.53. The molecule has 0 bridgehead atoms. The Bertz CT molecular complexity index is 400. The molecule has 100 valence electrons. The predicted octanol–water partition coefficient (Wildman–Crippen LogP) is 2.37. The highest BCUT2D eigenvalue weighted by atomic mass is 16.5. The van der Waals surface area contributed by atoms with Crippen molar-refractivity contribution in [2.45, 2.75) is 38.8 Å². The van der Waals surface area contributed by atoms with Gasteiger partial charge in [-0.05, 0) is 40.3 Å². The van der Waals surface area contributed by atoms with Crippen LogP contribution >= 0.6 is 0 Å². The summed E-state index contributed by atoms with van der Waals surface area (Å²) in [5.74, 6) is 1.58. The summed E-state index contributed by atoms with van der Waals surface area (Å²) in [6.07, 6.45) is 1.35. The number of likely N-dealkylation sites (N-methyl/N-ethyl adjacent to an activating group) is 1. The van der Waals surface area contributed by atoms with Crippen molar-refractivity contribution in [3.05, 3.63) is 18.2 Å². The third-order valence-corrected chi connectivity index (χ3v) is 2.86.